The molecule has 0 aromatic carbocycles. The summed E-state index contributed by atoms with van der Waals surface area (Å²) < 4.78 is 0. The summed E-state index contributed by atoms with van der Waals surface area (Å²) in [7, 11) is 0. The minimum Gasteiger partial charge on any atom is -0.389 e. The molecule has 0 amide bonds. The molecule has 3 N–H and O–H groups in total. The molecule has 92 valence electrons. The average Bonchev–Trinajstić information content (AvgIpc) is 2.50. The van der Waals surface area contributed by atoms with Crippen LogP contribution >= 0.6 is 11.3 Å². The van der Waals surface area contributed by atoms with Crippen LogP contribution in [0.1, 0.15) is 29.9 Å². The zero-order chi connectivity index (χ0) is 12.6. The first-order valence-corrected chi connectivity index (χ1v) is 6.47. The van der Waals surface area contributed by atoms with Crippen molar-refractivity contribution in [1.82, 2.24) is 4.90 Å². The van der Waals surface area contributed by atoms with Crippen molar-refractivity contribution < 1.29 is 5.11 Å². The van der Waals surface area contributed by atoms with Crippen LogP contribution in [0.3, 0.4) is 0 Å². The molecular weight excluding hydrogens is 234 g/mol. The van der Waals surface area contributed by atoms with Gasteiger partial charge in [0.05, 0.1) is 11.2 Å². The second kappa shape index (κ2) is 4.30. The fraction of sp³-hybridized carbons (Fsp3) is 0.583. The van der Waals surface area contributed by atoms with Crippen LogP contribution in [-0.2, 0) is 13.0 Å². The smallest absolute Gasteiger partial charge is 0.104 e. The number of thiophene rings is 1. The van der Waals surface area contributed by atoms with E-state index >= 15 is 0 Å². The van der Waals surface area contributed by atoms with Crippen LogP contribution in [-0.4, -0.2) is 28.7 Å². The summed E-state index contributed by atoms with van der Waals surface area (Å²) in [4.78, 5) is 3.38. The molecule has 1 aromatic rings. The molecule has 4 nitrogen and oxygen atoms in total. The Morgan fingerprint density at radius 2 is 2.29 bits per heavy atom. The summed E-state index contributed by atoms with van der Waals surface area (Å²) in [5.41, 5.74) is 6.92. The highest BCUT2D eigenvalue weighted by Gasteiger charge is 2.26. The minimum absolute atomic E-state index is 0.627. The Morgan fingerprint density at radius 3 is 2.88 bits per heavy atom. The number of nitriles is 1. The van der Waals surface area contributed by atoms with E-state index in [0.29, 0.717) is 17.1 Å². The van der Waals surface area contributed by atoms with Gasteiger partial charge in [0.25, 0.3) is 0 Å². The first-order valence-electron chi connectivity index (χ1n) is 5.65. The van der Waals surface area contributed by atoms with E-state index in [2.05, 4.69) is 11.0 Å². The number of aliphatic hydroxyl groups is 1. The summed E-state index contributed by atoms with van der Waals surface area (Å²) in [6.45, 7) is 5.93. The van der Waals surface area contributed by atoms with Gasteiger partial charge in [-0.2, -0.15) is 5.26 Å². The fourth-order valence-corrected chi connectivity index (χ4v) is 3.39. The van der Waals surface area contributed by atoms with Crippen molar-refractivity contribution in [3.05, 3.63) is 16.0 Å². The van der Waals surface area contributed by atoms with Gasteiger partial charge in [-0.05, 0) is 25.8 Å². The van der Waals surface area contributed by atoms with Gasteiger partial charge in [-0.3, -0.25) is 4.90 Å². The van der Waals surface area contributed by atoms with Crippen LogP contribution in [0.15, 0.2) is 0 Å². The van der Waals surface area contributed by atoms with Crippen molar-refractivity contribution in [2.45, 2.75) is 32.4 Å². The molecule has 0 unspecified atom stereocenters. The molecule has 0 fully saturated rings. The molecule has 0 aliphatic carbocycles. The number of hydrogen-bond acceptors (Lipinski definition) is 5. The number of nitrogens with two attached hydrogens (primary N) is 1. The summed E-state index contributed by atoms with van der Waals surface area (Å²) in [5.74, 6) is 0. The lowest BCUT2D eigenvalue weighted by Crippen LogP contribution is -2.41. The van der Waals surface area contributed by atoms with Gasteiger partial charge < -0.3 is 10.8 Å². The molecule has 1 aliphatic heterocycles. The molecular formula is C12H17N3OS. The maximum Gasteiger partial charge on any atom is 0.104 e. The molecule has 1 aliphatic rings. The highest BCUT2D eigenvalue weighted by Crippen LogP contribution is 2.34. The van der Waals surface area contributed by atoms with E-state index in [9.17, 15) is 5.11 Å². The molecule has 0 radical (unpaired) electrons. The van der Waals surface area contributed by atoms with Gasteiger partial charge in [-0.25, -0.2) is 0 Å². The van der Waals surface area contributed by atoms with Crippen LogP contribution in [0.4, 0.5) is 5.00 Å². The molecule has 0 spiro atoms. The normalized spacial score (nSPS) is 16.6. The highest BCUT2D eigenvalue weighted by atomic mass is 32.1. The van der Waals surface area contributed by atoms with Gasteiger partial charge in [0.2, 0.25) is 0 Å². The zero-order valence-corrected chi connectivity index (χ0v) is 11.0. The minimum atomic E-state index is -0.682. The Bertz CT molecular complexity index is 467. The molecule has 0 saturated carbocycles. The first-order chi connectivity index (χ1) is 7.90. The number of nitrogens with zero attached hydrogens (tertiary/aromatic N) is 2. The third kappa shape index (κ3) is 2.60. The van der Waals surface area contributed by atoms with Crippen molar-refractivity contribution in [2.24, 2.45) is 0 Å². The monoisotopic (exact) mass is 251 g/mol. The quantitative estimate of drug-likeness (QED) is 0.831. The lowest BCUT2D eigenvalue weighted by Gasteiger charge is -2.31. The van der Waals surface area contributed by atoms with Crippen molar-refractivity contribution in [3.63, 3.8) is 0 Å². The standard InChI is InChI=1S/C12H17N3OS/c1-12(2,16)7-15-4-3-8-9(5-13)11(14)17-10(8)6-15/h16H,3-4,6-7,14H2,1-2H3. The number of anilines is 1. The van der Waals surface area contributed by atoms with Gasteiger partial charge >= 0.3 is 0 Å². The molecule has 17 heavy (non-hydrogen) atoms. The molecule has 2 rings (SSSR count). The third-order valence-electron chi connectivity index (χ3n) is 2.89. The predicted molar refractivity (Wildman–Crippen MR) is 68.7 cm³/mol. The maximum atomic E-state index is 9.81. The summed E-state index contributed by atoms with van der Waals surface area (Å²) in [6.07, 6.45) is 0.849. The maximum absolute atomic E-state index is 9.81. The topological polar surface area (TPSA) is 73.3 Å². The number of rotatable bonds is 2. The Morgan fingerprint density at radius 1 is 1.59 bits per heavy atom. The number of β-amino-alcohol motifs (C(OH)–C–C–N with tert-alkyl or cyclic N) is 1. The molecule has 2 heterocycles. The predicted octanol–water partition coefficient (Wildman–Crippen LogP) is 1.33. The van der Waals surface area contributed by atoms with Crippen molar-refractivity contribution >= 4 is 16.3 Å². The van der Waals surface area contributed by atoms with Crippen LogP contribution < -0.4 is 5.73 Å². The van der Waals surface area contributed by atoms with Gasteiger partial charge in [0.15, 0.2) is 0 Å². The van der Waals surface area contributed by atoms with E-state index in [0.717, 1.165) is 25.1 Å². The van der Waals surface area contributed by atoms with Crippen molar-refractivity contribution in [1.29, 1.82) is 5.26 Å². The highest BCUT2D eigenvalue weighted by molar-refractivity contribution is 7.16. The Labute approximate surface area is 105 Å². The van der Waals surface area contributed by atoms with Crippen LogP contribution in [0, 0.1) is 11.3 Å². The van der Waals surface area contributed by atoms with E-state index in [1.165, 1.54) is 16.2 Å². The summed E-state index contributed by atoms with van der Waals surface area (Å²) >= 11 is 1.50. The number of hydrogen-bond donors (Lipinski definition) is 2. The molecule has 1 aromatic heterocycles. The van der Waals surface area contributed by atoms with Crippen molar-refractivity contribution in [2.75, 3.05) is 18.8 Å². The van der Waals surface area contributed by atoms with E-state index in [1.54, 1.807) is 0 Å². The summed E-state index contributed by atoms with van der Waals surface area (Å²) in [6, 6.07) is 2.18. The molecule has 0 saturated heterocycles. The van der Waals surface area contributed by atoms with Crippen molar-refractivity contribution in [3.8, 4) is 6.07 Å². The number of fused-ring (bicyclic) bond motifs is 1. The third-order valence-corrected chi connectivity index (χ3v) is 3.93. The molecule has 5 heteroatoms. The van der Waals surface area contributed by atoms with Gasteiger partial charge in [0, 0.05) is 24.5 Å². The number of nitrogen functional groups attached to an aromatic ring is 1. The van der Waals surface area contributed by atoms with E-state index in [1.807, 2.05) is 13.8 Å². The lowest BCUT2D eigenvalue weighted by molar-refractivity contribution is 0.0322. The Hall–Kier alpha value is -1.09. The van der Waals surface area contributed by atoms with Gasteiger partial charge in [-0.1, -0.05) is 0 Å². The second-order valence-corrected chi connectivity index (χ2v) is 6.26. The lowest BCUT2D eigenvalue weighted by atomic mass is 10.0. The zero-order valence-electron chi connectivity index (χ0n) is 10.2. The average molecular weight is 251 g/mol. The van der Waals surface area contributed by atoms with E-state index in [-0.39, 0.29) is 0 Å². The SMILES string of the molecule is CC(C)(O)CN1CCc2c(sc(N)c2C#N)C1. The molecule has 0 bridgehead atoms. The Balaban J connectivity index is 2.18. The van der Waals surface area contributed by atoms with E-state index < -0.39 is 5.60 Å². The van der Waals surface area contributed by atoms with Crippen LogP contribution in [0.2, 0.25) is 0 Å². The Kier molecular flexibility index (Phi) is 3.13. The van der Waals surface area contributed by atoms with Crippen LogP contribution in [0.25, 0.3) is 0 Å². The first kappa shape index (κ1) is 12.4. The summed E-state index contributed by atoms with van der Waals surface area (Å²) in [5, 5.41) is 19.5. The fourth-order valence-electron chi connectivity index (χ4n) is 2.28. The molecule has 0 atom stereocenters. The second-order valence-electron chi connectivity index (χ2n) is 5.13. The van der Waals surface area contributed by atoms with Gasteiger partial charge in [0.1, 0.15) is 11.1 Å². The largest absolute Gasteiger partial charge is 0.389 e. The van der Waals surface area contributed by atoms with E-state index in [4.69, 9.17) is 11.0 Å². The van der Waals surface area contributed by atoms with Crippen LogP contribution in [0.5, 0.6) is 0 Å². The van der Waals surface area contributed by atoms with Gasteiger partial charge in [-0.15, -0.1) is 11.3 Å².